The van der Waals surface area contributed by atoms with Gasteiger partial charge in [0.15, 0.2) is 0 Å². The summed E-state index contributed by atoms with van der Waals surface area (Å²) in [5.41, 5.74) is 1.16. The largest absolute Gasteiger partial charge is 0.480 e. The van der Waals surface area contributed by atoms with Crippen LogP contribution in [0, 0.1) is 0 Å². The number of hydrogen-bond acceptors (Lipinski definition) is 3. The van der Waals surface area contributed by atoms with Crippen LogP contribution in [-0.4, -0.2) is 44.8 Å². The third-order valence-corrected chi connectivity index (χ3v) is 2.93. The van der Waals surface area contributed by atoms with E-state index in [2.05, 4.69) is 5.10 Å². The number of carbonyl (C=O) groups is 2. The minimum Gasteiger partial charge on any atom is -0.480 e. The van der Waals surface area contributed by atoms with Crippen molar-refractivity contribution in [2.75, 3.05) is 7.05 Å². The maximum absolute atomic E-state index is 12.3. The molecule has 0 saturated carbocycles. The first-order valence-electron chi connectivity index (χ1n) is 5.94. The molecule has 1 amide bonds. The average Bonchev–Trinajstić information content (AvgIpc) is 2.69. The molecule has 0 aliphatic carbocycles. The second kappa shape index (κ2) is 5.66. The van der Waals surface area contributed by atoms with Crippen molar-refractivity contribution in [2.24, 2.45) is 7.05 Å². The normalized spacial score (nSPS) is 12.2. The van der Waals surface area contributed by atoms with Crippen LogP contribution in [0.25, 0.3) is 0 Å². The molecule has 18 heavy (non-hydrogen) atoms. The predicted molar refractivity (Wildman–Crippen MR) is 66.4 cm³/mol. The van der Waals surface area contributed by atoms with Crippen LogP contribution < -0.4 is 0 Å². The second-order valence-corrected chi connectivity index (χ2v) is 4.20. The lowest BCUT2D eigenvalue weighted by Gasteiger charge is -2.23. The Kier molecular flexibility index (Phi) is 4.47. The number of aliphatic carboxylic acids is 1. The fraction of sp³-hybridized carbons (Fsp3) is 0.583. The molecule has 1 heterocycles. The molecule has 1 atom stereocenters. The molecule has 0 fully saturated rings. The van der Waals surface area contributed by atoms with Crippen LogP contribution in [-0.2, 0) is 18.3 Å². The Labute approximate surface area is 106 Å². The maximum Gasteiger partial charge on any atom is 0.326 e. The van der Waals surface area contributed by atoms with Crippen molar-refractivity contribution in [3.05, 3.63) is 17.5 Å². The summed E-state index contributed by atoms with van der Waals surface area (Å²) < 4.78 is 1.57. The molecule has 1 rings (SSSR count). The van der Waals surface area contributed by atoms with Crippen molar-refractivity contribution in [3.63, 3.8) is 0 Å². The van der Waals surface area contributed by atoms with Crippen LogP contribution >= 0.6 is 0 Å². The van der Waals surface area contributed by atoms with Gasteiger partial charge in [0.05, 0.1) is 11.3 Å². The number of aryl methyl sites for hydroxylation is 2. The molecule has 0 aliphatic heterocycles. The fourth-order valence-corrected chi connectivity index (χ4v) is 1.92. The quantitative estimate of drug-likeness (QED) is 0.846. The standard InChI is InChI=1S/C12H19N3O3/c1-5-9-8(7-14(3)13-9)11(16)15(4)10(6-2)12(17)18/h7,10H,5-6H2,1-4H3,(H,17,18). The molecule has 1 unspecified atom stereocenters. The highest BCUT2D eigenvalue weighted by molar-refractivity contribution is 5.97. The van der Waals surface area contributed by atoms with E-state index in [1.54, 1.807) is 24.9 Å². The van der Waals surface area contributed by atoms with E-state index in [-0.39, 0.29) is 5.91 Å². The summed E-state index contributed by atoms with van der Waals surface area (Å²) in [6, 6.07) is -0.803. The molecule has 0 aliphatic rings. The number of hydrogen-bond donors (Lipinski definition) is 1. The Morgan fingerprint density at radius 1 is 1.50 bits per heavy atom. The van der Waals surface area contributed by atoms with E-state index in [1.807, 2.05) is 6.92 Å². The highest BCUT2D eigenvalue weighted by Crippen LogP contribution is 2.13. The fourth-order valence-electron chi connectivity index (χ4n) is 1.92. The minimum absolute atomic E-state index is 0.297. The van der Waals surface area contributed by atoms with Crippen LogP contribution in [0.2, 0.25) is 0 Å². The predicted octanol–water partition coefficient (Wildman–Crippen LogP) is 0.918. The zero-order valence-corrected chi connectivity index (χ0v) is 11.2. The third-order valence-electron chi connectivity index (χ3n) is 2.93. The molecule has 0 bridgehead atoms. The molecule has 0 radical (unpaired) electrons. The smallest absolute Gasteiger partial charge is 0.326 e. The van der Waals surface area contributed by atoms with Crippen molar-refractivity contribution in [3.8, 4) is 0 Å². The second-order valence-electron chi connectivity index (χ2n) is 4.20. The monoisotopic (exact) mass is 253 g/mol. The van der Waals surface area contributed by atoms with Gasteiger partial charge in [-0.25, -0.2) is 4.79 Å². The average molecular weight is 253 g/mol. The Morgan fingerprint density at radius 3 is 2.56 bits per heavy atom. The number of rotatable bonds is 5. The van der Waals surface area contributed by atoms with Crippen molar-refractivity contribution < 1.29 is 14.7 Å². The lowest BCUT2D eigenvalue weighted by atomic mass is 10.1. The molecular formula is C12H19N3O3. The van der Waals surface area contributed by atoms with Crippen molar-refractivity contribution in [1.29, 1.82) is 0 Å². The number of likely N-dealkylation sites (N-methyl/N-ethyl adjacent to an activating group) is 1. The molecule has 6 nitrogen and oxygen atoms in total. The Morgan fingerprint density at radius 2 is 2.11 bits per heavy atom. The van der Waals surface area contributed by atoms with Crippen molar-refractivity contribution in [2.45, 2.75) is 32.7 Å². The number of amides is 1. The maximum atomic E-state index is 12.3. The molecule has 1 aromatic heterocycles. The molecule has 1 aromatic rings. The number of aromatic nitrogens is 2. The van der Waals surface area contributed by atoms with Gasteiger partial charge in [0.2, 0.25) is 0 Å². The van der Waals surface area contributed by atoms with E-state index in [4.69, 9.17) is 5.11 Å². The van der Waals surface area contributed by atoms with E-state index in [1.165, 1.54) is 11.9 Å². The molecule has 1 N–H and O–H groups in total. The van der Waals surface area contributed by atoms with Gasteiger partial charge in [-0.3, -0.25) is 9.48 Å². The van der Waals surface area contributed by atoms with Crippen LogP contribution in [0.1, 0.15) is 36.3 Å². The zero-order valence-electron chi connectivity index (χ0n) is 11.2. The van der Waals surface area contributed by atoms with Gasteiger partial charge in [0.1, 0.15) is 6.04 Å². The number of carboxylic acids is 1. The summed E-state index contributed by atoms with van der Waals surface area (Å²) in [5.74, 6) is -1.29. The van der Waals surface area contributed by atoms with Gasteiger partial charge in [0.25, 0.3) is 5.91 Å². The Balaban J connectivity index is 3.02. The number of nitrogens with zero attached hydrogens (tertiary/aromatic N) is 3. The summed E-state index contributed by atoms with van der Waals surface area (Å²) in [6.07, 6.45) is 2.64. The van der Waals surface area contributed by atoms with Crippen LogP contribution in [0.4, 0.5) is 0 Å². The summed E-state index contributed by atoms with van der Waals surface area (Å²) >= 11 is 0. The first-order valence-corrected chi connectivity index (χ1v) is 5.94. The molecular weight excluding hydrogens is 234 g/mol. The molecule has 0 saturated heterocycles. The van der Waals surface area contributed by atoms with E-state index in [0.717, 1.165) is 0 Å². The minimum atomic E-state index is -0.990. The topological polar surface area (TPSA) is 75.4 Å². The summed E-state index contributed by atoms with van der Waals surface area (Å²) in [5, 5.41) is 13.2. The molecule has 0 aromatic carbocycles. The molecule has 100 valence electrons. The van der Waals surface area contributed by atoms with E-state index in [9.17, 15) is 9.59 Å². The van der Waals surface area contributed by atoms with Crippen LogP contribution in [0.15, 0.2) is 6.20 Å². The Hall–Kier alpha value is -1.85. The molecule has 0 spiro atoms. The first kappa shape index (κ1) is 14.2. The van der Waals surface area contributed by atoms with E-state index >= 15 is 0 Å². The SMILES string of the molecule is CCc1nn(C)cc1C(=O)N(C)C(CC)C(=O)O. The van der Waals surface area contributed by atoms with Crippen LogP contribution in [0.5, 0.6) is 0 Å². The number of carboxylic acid groups (broad SMARTS) is 1. The van der Waals surface area contributed by atoms with Crippen molar-refractivity contribution in [1.82, 2.24) is 14.7 Å². The van der Waals surface area contributed by atoms with Gasteiger partial charge < -0.3 is 10.0 Å². The molecule has 6 heteroatoms. The zero-order chi connectivity index (χ0) is 13.9. The van der Waals surface area contributed by atoms with Gasteiger partial charge in [-0.1, -0.05) is 13.8 Å². The first-order chi connectivity index (χ1) is 8.42. The Bertz CT molecular complexity index is 453. The summed E-state index contributed by atoms with van der Waals surface area (Å²) in [7, 11) is 3.25. The lowest BCUT2D eigenvalue weighted by molar-refractivity contribution is -0.142. The number of carbonyl (C=O) groups excluding carboxylic acids is 1. The summed E-state index contributed by atoms with van der Waals surface area (Å²) in [6.45, 7) is 3.65. The summed E-state index contributed by atoms with van der Waals surface area (Å²) in [4.78, 5) is 24.6. The van der Waals surface area contributed by atoms with Gasteiger partial charge >= 0.3 is 5.97 Å². The van der Waals surface area contributed by atoms with Gasteiger partial charge in [0, 0.05) is 20.3 Å². The third kappa shape index (κ3) is 2.69. The van der Waals surface area contributed by atoms with Crippen LogP contribution in [0.3, 0.4) is 0 Å². The highest BCUT2D eigenvalue weighted by atomic mass is 16.4. The lowest BCUT2D eigenvalue weighted by Crippen LogP contribution is -2.42. The van der Waals surface area contributed by atoms with Gasteiger partial charge in [-0.2, -0.15) is 5.10 Å². The van der Waals surface area contributed by atoms with Gasteiger partial charge in [-0.05, 0) is 12.8 Å². The highest BCUT2D eigenvalue weighted by Gasteiger charge is 2.27. The van der Waals surface area contributed by atoms with E-state index < -0.39 is 12.0 Å². The van der Waals surface area contributed by atoms with Gasteiger partial charge in [-0.15, -0.1) is 0 Å². The van der Waals surface area contributed by atoms with Crippen molar-refractivity contribution >= 4 is 11.9 Å². The van der Waals surface area contributed by atoms with E-state index in [0.29, 0.717) is 24.1 Å².